The van der Waals surface area contributed by atoms with Crippen LogP contribution in [0, 0.1) is 28.6 Å². The summed E-state index contributed by atoms with van der Waals surface area (Å²) in [4.78, 5) is 24.1. The third-order valence-corrected chi connectivity index (χ3v) is 6.38. The van der Waals surface area contributed by atoms with Crippen molar-refractivity contribution in [1.29, 1.82) is 0 Å². The van der Waals surface area contributed by atoms with Gasteiger partial charge in [-0.3, -0.25) is 9.59 Å². The van der Waals surface area contributed by atoms with Crippen LogP contribution in [0.2, 0.25) is 0 Å². The summed E-state index contributed by atoms with van der Waals surface area (Å²) in [5.41, 5.74) is 1.50. The smallest absolute Gasteiger partial charge is 0.318 e. The molecule has 2 fully saturated rings. The summed E-state index contributed by atoms with van der Waals surface area (Å²) in [7, 11) is 0. The molecule has 0 aromatic rings. The number of carbonyl (C=O) groups is 2. The number of rotatable bonds is 1. The number of allylic oxidation sites excluding steroid dienone is 2. The number of carbonyl (C=O) groups excluding carboxylic acids is 2. The molecule has 3 rings (SSSR count). The van der Waals surface area contributed by atoms with E-state index in [1.165, 1.54) is 18.4 Å². The second kappa shape index (κ2) is 4.19. The van der Waals surface area contributed by atoms with E-state index in [0.29, 0.717) is 6.42 Å². The van der Waals surface area contributed by atoms with Gasteiger partial charge in [-0.15, -0.1) is 0 Å². The van der Waals surface area contributed by atoms with Crippen molar-refractivity contribution in [2.24, 2.45) is 28.6 Å². The van der Waals surface area contributed by atoms with Crippen LogP contribution in [0.15, 0.2) is 11.6 Å². The average molecular weight is 276 g/mol. The Kier molecular flexibility index (Phi) is 2.90. The molecule has 4 atom stereocenters. The quantitative estimate of drug-likeness (QED) is 0.418. The monoisotopic (exact) mass is 276 g/mol. The highest BCUT2D eigenvalue weighted by atomic mass is 16.6. The summed E-state index contributed by atoms with van der Waals surface area (Å²) >= 11 is 0. The van der Waals surface area contributed by atoms with Crippen LogP contribution in [-0.4, -0.2) is 11.9 Å². The van der Waals surface area contributed by atoms with E-state index in [1.54, 1.807) is 0 Å². The highest BCUT2D eigenvalue weighted by Gasteiger charge is 2.59. The normalized spacial score (nSPS) is 43.2. The molecule has 2 aliphatic carbocycles. The van der Waals surface area contributed by atoms with E-state index >= 15 is 0 Å². The van der Waals surface area contributed by atoms with E-state index in [9.17, 15) is 9.59 Å². The zero-order valence-electron chi connectivity index (χ0n) is 12.9. The number of cyclic esters (lactones) is 2. The first kappa shape index (κ1) is 13.8. The molecule has 3 aliphatic rings. The number of hydrogen-bond acceptors (Lipinski definition) is 3. The lowest BCUT2D eigenvalue weighted by molar-refractivity contribution is -0.154. The second-order valence-corrected chi connectivity index (χ2v) is 7.77. The van der Waals surface area contributed by atoms with Crippen molar-refractivity contribution in [3.8, 4) is 0 Å². The van der Waals surface area contributed by atoms with E-state index in [-0.39, 0.29) is 40.5 Å². The molecule has 1 unspecified atom stereocenters. The lowest BCUT2D eigenvalue weighted by atomic mass is 9.55. The Hall–Kier alpha value is -1.12. The van der Waals surface area contributed by atoms with Gasteiger partial charge in [0.2, 0.25) is 0 Å². The minimum absolute atomic E-state index is 0.0707. The van der Waals surface area contributed by atoms with Gasteiger partial charge >= 0.3 is 11.9 Å². The third-order valence-electron chi connectivity index (χ3n) is 6.38. The molecule has 0 amide bonds. The molecule has 1 saturated heterocycles. The Morgan fingerprint density at radius 2 is 1.85 bits per heavy atom. The van der Waals surface area contributed by atoms with Crippen LogP contribution in [0.5, 0.6) is 0 Å². The molecule has 1 heterocycles. The van der Waals surface area contributed by atoms with Crippen molar-refractivity contribution in [2.45, 2.75) is 53.4 Å². The molecule has 20 heavy (non-hydrogen) atoms. The van der Waals surface area contributed by atoms with E-state index in [0.717, 1.165) is 6.42 Å². The fourth-order valence-corrected chi connectivity index (χ4v) is 4.71. The molecule has 0 N–H and O–H groups in total. The van der Waals surface area contributed by atoms with Gasteiger partial charge in [0.15, 0.2) is 0 Å². The van der Waals surface area contributed by atoms with Crippen molar-refractivity contribution in [2.75, 3.05) is 0 Å². The average Bonchev–Trinajstić information content (AvgIpc) is 2.77. The predicted molar refractivity (Wildman–Crippen MR) is 75.7 cm³/mol. The highest BCUT2D eigenvalue weighted by Crippen LogP contribution is 2.61. The minimum Gasteiger partial charge on any atom is -0.393 e. The van der Waals surface area contributed by atoms with Gasteiger partial charge in [0, 0.05) is 0 Å². The zero-order chi connectivity index (χ0) is 14.7. The predicted octanol–water partition coefficient (Wildman–Crippen LogP) is 3.48. The molecule has 1 saturated carbocycles. The van der Waals surface area contributed by atoms with Crippen LogP contribution in [0.1, 0.15) is 53.4 Å². The second-order valence-electron chi connectivity index (χ2n) is 7.77. The van der Waals surface area contributed by atoms with Crippen molar-refractivity contribution in [1.82, 2.24) is 0 Å². The first-order chi connectivity index (χ1) is 9.26. The zero-order valence-corrected chi connectivity index (χ0v) is 12.9. The summed E-state index contributed by atoms with van der Waals surface area (Å²) in [5, 5.41) is 0. The fraction of sp³-hybridized carbons (Fsp3) is 0.765. The van der Waals surface area contributed by atoms with Gasteiger partial charge in [-0.1, -0.05) is 38.8 Å². The molecular formula is C17H24O3. The summed E-state index contributed by atoms with van der Waals surface area (Å²) in [6.45, 7) is 8.97. The minimum atomic E-state index is -0.308. The van der Waals surface area contributed by atoms with E-state index in [2.05, 4.69) is 33.8 Å². The van der Waals surface area contributed by atoms with Gasteiger partial charge < -0.3 is 4.74 Å². The highest BCUT2D eigenvalue weighted by molar-refractivity contribution is 5.97. The first-order valence-electron chi connectivity index (χ1n) is 7.69. The van der Waals surface area contributed by atoms with Crippen LogP contribution in [0.25, 0.3) is 0 Å². The standard InChI is InChI=1S/C17H24O3/c1-10-8-11-13(15(19)20-14(11)18)12(9-10)17(4)7-5-6-16(17,2)3/h9,11-13H,5-8H2,1-4H3/t11-,12?,13-,17+/m1/s1. The number of ether oxygens (including phenoxy) is 1. The molecule has 0 radical (unpaired) electrons. The third kappa shape index (κ3) is 1.71. The van der Waals surface area contributed by atoms with Gasteiger partial charge in [0.05, 0.1) is 11.8 Å². The van der Waals surface area contributed by atoms with E-state index in [4.69, 9.17) is 4.74 Å². The lowest BCUT2D eigenvalue weighted by Gasteiger charge is -2.47. The van der Waals surface area contributed by atoms with E-state index < -0.39 is 0 Å². The molecule has 0 aromatic heterocycles. The van der Waals surface area contributed by atoms with Crippen LogP contribution >= 0.6 is 0 Å². The van der Waals surface area contributed by atoms with Crippen LogP contribution in [0.3, 0.4) is 0 Å². The van der Waals surface area contributed by atoms with Crippen molar-refractivity contribution in [3.63, 3.8) is 0 Å². The Labute approximate surface area is 120 Å². The SMILES string of the molecule is CC1=CC([C@]2(C)CCCC2(C)C)[C@@H]2C(=O)OC(=O)[C@@H]2C1. The van der Waals surface area contributed by atoms with Crippen molar-refractivity contribution >= 4 is 11.9 Å². The first-order valence-corrected chi connectivity index (χ1v) is 7.69. The van der Waals surface area contributed by atoms with Gasteiger partial charge in [-0.05, 0) is 42.9 Å². The summed E-state index contributed by atoms with van der Waals surface area (Å²) in [6.07, 6.45) is 6.45. The van der Waals surface area contributed by atoms with Crippen LogP contribution < -0.4 is 0 Å². The lowest BCUT2D eigenvalue weighted by Crippen LogP contribution is -2.44. The van der Waals surface area contributed by atoms with Gasteiger partial charge in [-0.2, -0.15) is 0 Å². The van der Waals surface area contributed by atoms with Gasteiger partial charge in [-0.25, -0.2) is 0 Å². The Morgan fingerprint density at radius 1 is 1.15 bits per heavy atom. The summed E-state index contributed by atoms with van der Waals surface area (Å²) in [5.74, 6) is -0.966. The maximum Gasteiger partial charge on any atom is 0.318 e. The number of esters is 2. The molecule has 110 valence electrons. The molecule has 0 bridgehead atoms. The van der Waals surface area contributed by atoms with Crippen LogP contribution in [-0.2, 0) is 14.3 Å². The van der Waals surface area contributed by atoms with Crippen LogP contribution in [0.4, 0.5) is 0 Å². The molecule has 3 nitrogen and oxygen atoms in total. The largest absolute Gasteiger partial charge is 0.393 e. The van der Waals surface area contributed by atoms with E-state index in [1.807, 2.05) is 0 Å². The van der Waals surface area contributed by atoms with Gasteiger partial charge in [0.25, 0.3) is 0 Å². The molecule has 3 heteroatoms. The Morgan fingerprint density at radius 3 is 2.45 bits per heavy atom. The molecule has 0 aromatic carbocycles. The maximum atomic E-state index is 12.2. The topological polar surface area (TPSA) is 43.4 Å². The summed E-state index contributed by atoms with van der Waals surface area (Å²) in [6, 6.07) is 0. The molecule has 0 spiro atoms. The number of hydrogen-bond donors (Lipinski definition) is 0. The Balaban J connectivity index is 2.05. The van der Waals surface area contributed by atoms with Crippen molar-refractivity contribution in [3.05, 3.63) is 11.6 Å². The number of fused-ring (bicyclic) bond motifs is 1. The maximum absolute atomic E-state index is 12.2. The Bertz CT molecular complexity index is 502. The fourth-order valence-electron chi connectivity index (χ4n) is 4.71. The molecule has 1 aliphatic heterocycles. The van der Waals surface area contributed by atoms with Gasteiger partial charge in [0.1, 0.15) is 0 Å². The summed E-state index contributed by atoms with van der Waals surface area (Å²) < 4.78 is 4.95. The van der Waals surface area contributed by atoms with Crippen molar-refractivity contribution < 1.29 is 14.3 Å². The molecular weight excluding hydrogens is 252 g/mol.